The van der Waals surface area contributed by atoms with Crippen LogP contribution in [0.25, 0.3) is 0 Å². The highest BCUT2D eigenvalue weighted by molar-refractivity contribution is 7.71. The zero-order valence-corrected chi connectivity index (χ0v) is 17.5. The molecule has 6 heteroatoms. The summed E-state index contributed by atoms with van der Waals surface area (Å²) in [6.07, 6.45) is 2.31. The van der Waals surface area contributed by atoms with E-state index in [2.05, 4.69) is 53.1 Å². The minimum atomic E-state index is -0.0217. The minimum absolute atomic E-state index is 0.0217. The maximum Gasteiger partial charge on any atom is 0.224 e. The Morgan fingerprint density at radius 3 is 2.59 bits per heavy atom. The Morgan fingerprint density at radius 1 is 1.26 bits per heavy atom. The molecule has 0 fully saturated rings. The van der Waals surface area contributed by atoms with Gasteiger partial charge in [0.05, 0.1) is 5.69 Å². The van der Waals surface area contributed by atoms with Crippen molar-refractivity contribution in [3.05, 3.63) is 46.5 Å². The zero-order chi connectivity index (χ0) is 19.8. The third-order valence-electron chi connectivity index (χ3n) is 4.36. The van der Waals surface area contributed by atoms with Crippen LogP contribution in [-0.2, 0) is 4.79 Å². The van der Waals surface area contributed by atoms with E-state index in [0.29, 0.717) is 16.7 Å². The van der Waals surface area contributed by atoms with Crippen LogP contribution < -0.4 is 10.2 Å². The number of aromatic nitrogens is 2. The molecule has 0 radical (unpaired) electrons. The predicted octanol–water partition coefficient (Wildman–Crippen LogP) is 5.21. The molecule has 0 atom stereocenters. The number of nitrogens with zero attached hydrogens (tertiary/aromatic N) is 2. The van der Waals surface area contributed by atoms with Crippen molar-refractivity contribution in [3.8, 4) is 0 Å². The molecule has 0 bridgehead atoms. The third-order valence-corrected chi connectivity index (χ3v) is 4.65. The van der Waals surface area contributed by atoms with Crippen LogP contribution in [0.5, 0.6) is 0 Å². The van der Waals surface area contributed by atoms with Gasteiger partial charge < -0.3 is 15.2 Å². The van der Waals surface area contributed by atoms with Crippen molar-refractivity contribution in [2.75, 3.05) is 23.3 Å². The molecule has 0 unspecified atom stereocenters. The number of hydrogen-bond acceptors (Lipinski definition) is 4. The van der Waals surface area contributed by atoms with Crippen LogP contribution in [0.4, 0.5) is 11.4 Å². The SMILES string of the molecule is CCCN(CCCC(=O)Nc1c(C(C)C)[nH]c(C)nc1=S)c1ccccc1. The van der Waals surface area contributed by atoms with Crippen LogP contribution in [-0.4, -0.2) is 29.0 Å². The van der Waals surface area contributed by atoms with E-state index in [-0.39, 0.29) is 11.8 Å². The molecule has 2 rings (SSSR count). The summed E-state index contributed by atoms with van der Waals surface area (Å²) in [5, 5.41) is 2.98. The van der Waals surface area contributed by atoms with Gasteiger partial charge in [-0.2, -0.15) is 0 Å². The van der Waals surface area contributed by atoms with Crippen molar-refractivity contribution in [3.63, 3.8) is 0 Å². The predicted molar refractivity (Wildman–Crippen MR) is 115 cm³/mol. The normalized spacial score (nSPS) is 10.9. The number of nitrogens with one attached hydrogen (secondary N) is 2. The van der Waals surface area contributed by atoms with Gasteiger partial charge in [-0.3, -0.25) is 4.79 Å². The molecule has 0 spiro atoms. The summed E-state index contributed by atoms with van der Waals surface area (Å²) in [4.78, 5) is 22.3. The zero-order valence-electron chi connectivity index (χ0n) is 16.7. The van der Waals surface area contributed by atoms with Crippen LogP contribution in [0.2, 0.25) is 0 Å². The lowest BCUT2D eigenvalue weighted by Crippen LogP contribution is -2.26. The van der Waals surface area contributed by atoms with Crippen molar-refractivity contribution in [2.24, 2.45) is 0 Å². The second-order valence-electron chi connectivity index (χ2n) is 7.05. The molecule has 1 heterocycles. The smallest absolute Gasteiger partial charge is 0.224 e. The van der Waals surface area contributed by atoms with Gasteiger partial charge in [0.25, 0.3) is 0 Å². The maximum atomic E-state index is 12.5. The van der Waals surface area contributed by atoms with Gasteiger partial charge in [0.1, 0.15) is 5.82 Å². The first-order valence-corrected chi connectivity index (χ1v) is 10.0. The van der Waals surface area contributed by atoms with Gasteiger partial charge in [0.15, 0.2) is 4.64 Å². The summed E-state index contributed by atoms with van der Waals surface area (Å²) in [7, 11) is 0. The lowest BCUT2D eigenvalue weighted by Gasteiger charge is -2.24. The molecular weight excluding hydrogens is 356 g/mol. The molecule has 0 saturated heterocycles. The van der Waals surface area contributed by atoms with Crippen molar-refractivity contribution >= 4 is 29.5 Å². The molecule has 27 heavy (non-hydrogen) atoms. The molecular formula is C21H30N4OS. The van der Waals surface area contributed by atoms with Gasteiger partial charge in [-0.1, -0.05) is 51.2 Å². The summed E-state index contributed by atoms with van der Waals surface area (Å²) < 4.78 is 0.445. The fraction of sp³-hybridized carbons (Fsp3) is 0.476. The number of carbonyl (C=O) groups excluding carboxylic acids is 1. The summed E-state index contributed by atoms with van der Waals surface area (Å²) in [5.41, 5.74) is 2.77. The quantitative estimate of drug-likeness (QED) is 0.581. The number of aryl methyl sites for hydroxylation is 1. The molecule has 2 aromatic rings. The molecule has 0 aliphatic carbocycles. The standard InChI is InChI=1S/C21H30N4OS/c1-5-13-25(17-10-7-6-8-11-17)14-9-12-18(26)24-20-19(15(2)3)22-16(4)23-21(20)27/h6-8,10-11,15H,5,9,12-14H2,1-4H3,(H,24,26)(H,22,23,27). The number of carbonyl (C=O) groups is 1. The highest BCUT2D eigenvalue weighted by atomic mass is 32.1. The summed E-state index contributed by atoms with van der Waals surface area (Å²) >= 11 is 5.36. The Bertz CT molecular complexity index is 802. The van der Waals surface area contributed by atoms with E-state index < -0.39 is 0 Å². The fourth-order valence-electron chi connectivity index (χ4n) is 3.07. The van der Waals surface area contributed by atoms with E-state index in [0.717, 1.165) is 37.4 Å². The number of rotatable bonds is 9. The van der Waals surface area contributed by atoms with Crippen LogP contribution in [0.1, 0.15) is 57.5 Å². The molecule has 0 aliphatic heterocycles. The van der Waals surface area contributed by atoms with Crippen molar-refractivity contribution < 1.29 is 4.79 Å². The fourth-order valence-corrected chi connectivity index (χ4v) is 3.37. The Hall–Kier alpha value is -2.21. The van der Waals surface area contributed by atoms with Crippen LogP contribution in [0, 0.1) is 11.6 Å². The van der Waals surface area contributed by atoms with Gasteiger partial charge in [0.2, 0.25) is 5.91 Å². The van der Waals surface area contributed by atoms with Gasteiger partial charge in [-0.15, -0.1) is 0 Å². The second kappa shape index (κ2) is 10.2. The van der Waals surface area contributed by atoms with Crippen molar-refractivity contribution in [1.82, 2.24) is 9.97 Å². The number of para-hydroxylation sites is 1. The number of anilines is 2. The first-order valence-electron chi connectivity index (χ1n) is 9.63. The van der Waals surface area contributed by atoms with Crippen molar-refractivity contribution in [1.29, 1.82) is 0 Å². The highest BCUT2D eigenvalue weighted by Gasteiger charge is 2.14. The summed E-state index contributed by atoms with van der Waals surface area (Å²) in [5.74, 6) is 0.966. The maximum absolute atomic E-state index is 12.5. The first kappa shape index (κ1) is 21.1. The number of amides is 1. The number of benzene rings is 1. The van der Waals surface area contributed by atoms with E-state index in [1.165, 1.54) is 5.69 Å². The monoisotopic (exact) mass is 386 g/mol. The van der Waals surface area contributed by atoms with Gasteiger partial charge in [-0.05, 0) is 37.8 Å². The largest absolute Gasteiger partial charge is 0.372 e. The van der Waals surface area contributed by atoms with E-state index in [1.807, 2.05) is 25.1 Å². The number of hydrogen-bond donors (Lipinski definition) is 2. The van der Waals surface area contributed by atoms with Crippen LogP contribution in [0.15, 0.2) is 30.3 Å². The minimum Gasteiger partial charge on any atom is -0.372 e. The average molecular weight is 387 g/mol. The molecule has 2 N–H and O–H groups in total. The molecule has 1 amide bonds. The lowest BCUT2D eigenvalue weighted by atomic mass is 10.1. The molecule has 1 aromatic heterocycles. The van der Waals surface area contributed by atoms with Gasteiger partial charge in [0, 0.05) is 30.9 Å². The van der Waals surface area contributed by atoms with Gasteiger partial charge >= 0.3 is 0 Å². The van der Waals surface area contributed by atoms with E-state index in [4.69, 9.17) is 12.2 Å². The van der Waals surface area contributed by atoms with E-state index in [9.17, 15) is 4.79 Å². The Balaban J connectivity index is 1.97. The molecule has 0 saturated carbocycles. The number of H-pyrrole nitrogens is 1. The van der Waals surface area contributed by atoms with E-state index in [1.54, 1.807) is 0 Å². The molecule has 5 nitrogen and oxygen atoms in total. The second-order valence-corrected chi connectivity index (χ2v) is 7.43. The Labute approximate surface area is 167 Å². The first-order chi connectivity index (χ1) is 12.9. The third kappa shape index (κ3) is 6.17. The summed E-state index contributed by atoms with van der Waals surface area (Å²) in [6, 6.07) is 10.3. The Morgan fingerprint density at radius 2 is 1.96 bits per heavy atom. The van der Waals surface area contributed by atoms with Crippen LogP contribution >= 0.6 is 12.2 Å². The van der Waals surface area contributed by atoms with Crippen molar-refractivity contribution in [2.45, 2.75) is 52.9 Å². The van der Waals surface area contributed by atoms with Gasteiger partial charge in [-0.25, -0.2) is 4.98 Å². The molecule has 146 valence electrons. The lowest BCUT2D eigenvalue weighted by molar-refractivity contribution is -0.116. The van der Waals surface area contributed by atoms with Crippen LogP contribution in [0.3, 0.4) is 0 Å². The number of aromatic amines is 1. The van der Waals surface area contributed by atoms with E-state index >= 15 is 0 Å². The Kier molecular flexibility index (Phi) is 7.98. The topological polar surface area (TPSA) is 61.0 Å². The molecule has 1 aromatic carbocycles. The average Bonchev–Trinajstić information content (AvgIpc) is 2.63. The molecule has 0 aliphatic rings. The highest BCUT2D eigenvalue weighted by Crippen LogP contribution is 2.23. The summed E-state index contributed by atoms with van der Waals surface area (Å²) in [6.45, 7) is 10.0.